The van der Waals surface area contributed by atoms with Gasteiger partial charge in [0.15, 0.2) is 0 Å². The first-order valence-corrected chi connectivity index (χ1v) is 10.7. The van der Waals surface area contributed by atoms with E-state index in [1.165, 1.54) is 0 Å². The summed E-state index contributed by atoms with van der Waals surface area (Å²) < 4.78 is 0. The predicted molar refractivity (Wildman–Crippen MR) is 125 cm³/mol. The van der Waals surface area contributed by atoms with Crippen LogP contribution in [0.1, 0.15) is 25.7 Å². The van der Waals surface area contributed by atoms with Gasteiger partial charge in [0.25, 0.3) is 0 Å². The molecule has 0 unspecified atom stereocenters. The number of nitrogens with zero attached hydrogens (tertiary/aromatic N) is 2. The average Bonchev–Trinajstić information content (AvgIpc) is 3.38. The number of rotatable bonds is 9. The number of carbonyl (C=O) groups excluding carboxylic acids is 2. The fourth-order valence-corrected chi connectivity index (χ4v) is 3.33. The number of unbranched alkanes of at least 4 members (excludes halogenated alkanes) is 3. The molecule has 32 heavy (non-hydrogen) atoms. The van der Waals surface area contributed by atoms with E-state index in [-0.39, 0.29) is 12.1 Å². The van der Waals surface area contributed by atoms with Crippen molar-refractivity contribution in [2.45, 2.75) is 25.7 Å². The molecule has 2 aromatic heterocycles. The van der Waals surface area contributed by atoms with Gasteiger partial charge in [-0.15, -0.1) is 0 Å². The van der Waals surface area contributed by atoms with Crippen LogP contribution in [-0.2, 0) is 0 Å². The standard InChI is InChI=1S/C22H26N8O2/c31-21(29-19-25-15-9-3-4-10-16(15)26-19)23-13-7-1-2-8-14-24-22(32)30-20-27-17-11-5-6-12-18(17)28-20/h3-6,9-12H,1-2,7-8,13-14H2,(H3,23,25,26,29,31)(H3,24,27,28,30,32). The molecule has 10 heteroatoms. The van der Waals surface area contributed by atoms with E-state index in [1.807, 2.05) is 48.5 Å². The molecular weight excluding hydrogens is 408 g/mol. The Labute approximate surface area is 184 Å². The van der Waals surface area contributed by atoms with Crippen molar-refractivity contribution in [2.75, 3.05) is 23.7 Å². The number of aromatic amines is 2. The Hall–Kier alpha value is -4.08. The number of imidazole rings is 2. The summed E-state index contributed by atoms with van der Waals surface area (Å²) in [6.45, 7) is 1.15. The first-order valence-electron chi connectivity index (χ1n) is 10.7. The molecule has 0 spiro atoms. The number of amides is 4. The highest BCUT2D eigenvalue weighted by Crippen LogP contribution is 2.14. The number of nitrogens with one attached hydrogen (secondary N) is 6. The molecule has 0 radical (unpaired) electrons. The summed E-state index contributed by atoms with van der Waals surface area (Å²) in [5, 5.41) is 11.1. The van der Waals surface area contributed by atoms with E-state index in [1.54, 1.807) is 0 Å². The van der Waals surface area contributed by atoms with Crippen molar-refractivity contribution in [3.63, 3.8) is 0 Å². The lowest BCUT2D eigenvalue weighted by Crippen LogP contribution is -2.30. The summed E-state index contributed by atoms with van der Waals surface area (Å²) in [5.74, 6) is 0.853. The number of anilines is 2. The highest BCUT2D eigenvalue weighted by atomic mass is 16.2. The molecule has 4 aromatic rings. The van der Waals surface area contributed by atoms with Crippen LogP contribution < -0.4 is 21.3 Å². The van der Waals surface area contributed by atoms with Gasteiger partial charge in [-0.1, -0.05) is 37.1 Å². The maximum atomic E-state index is 12.0. The van der Waals surface area contributed by atoms with E-state index in [0.717, 1.165) is 47.8 Å². The molecule has 0 atom stereocenters. The predicted octanol–water partition coefficient (Wildman–Crippen LogP) is 3.94. The summed E-state index contributed by atoms with van der Waals surface area (Å²) in [7, 11) is 0. The molecular formula is C22H26N8O2. The quantitative estimate of drug-likeness (QED) is 0.222. The van der Waals surface area contributed by atoms with Gasteiger partial charge in [-0.05, 0) is 37.1 Å². The number of para-hydroxylation sites is 4. The molecule has 4 rings (SSSR count). The molecule has 0 aliphatic rings. The molecule has 4 amide bonds. The van der Waals surface area contributed by atoms with Crippen LogP contribution in [0.3, 0.4) is 0 Å². The zero-order chi connectivity index (χ0) is 22.2. The smallest absolute Gasteiger partial charge is 0.321 e. The molecule has 10 nitrogen and oxygen atoms in total. The number of hydrogen-bond acceptors (Lipinski definition) is 4. The Balaban J connectivity index is 1.04. The first-order chi connectivity index (χ1) is 15.7. The van der Waals surface area contributed by atoms with Crippen LogP contribution in [0.15, 0.2) is 48.5 Å². The van der Waals surface area contributed by atoms with Crippen LogP contribution in [0.4, 0.5) is 21.5 Å². The summed E-state index contributed by atoms with van der Waals surface area (Å²) in [6, 6.07) is 14.6. The second-order valence-electron chi connectivity index (χ2n) is 7.38. The molecule has 2 aromatic carbocycles. The fraction of sp³-hybridized carbons (Fsp3) is 0.273. The van der Waals surface area contributed by atoms with E-state index < -0.39 is 0 Å². The largest absolute Gasteiger partial charge is 0.338 e. The minimum Gasteiger partial charge on any atom is -0.338 e. The summed E-state index contributed by atoms with van der Waals surface area (Å²) in [6.07, 6.45) is 3.63. The Morgan fingerprint density at radius 3 is 1.53 bits per heavy atom. The maximum absolute atomic E-state index is 12.0. The molecule has 6 N–H and O–H groups in total. The summed E-state index contributed by atoms with van der Waals surface area (Å²) in [4.78, 5) is 38.7. The lowest BCUT2D eigenvalue weighted by Gasteiger charge is -2.07. The number of fused-ring (bicyclic) bond motifs is 2. The van der Waals surface area contributed by atoms with Gasteiger partial charge in [-0.25, -0.2) is 19.6 Å². The topological polar surface area (TPSA) is 140 Å². The Morgan fingerprint density at radius 1 is 0.656 bits per heavy atom. The minimum atomic E-state index is -0.284. The van der Waals surface area contributed by atoms with Crippen LogP contribution >= 0.6 is 0 Å². The van der Waals surface area contributed by atoms with Crippen LogP contribution in [0.2, 0.25) is 0 Å². The van der Waals surface area contributed by atoms with Crippen molar-refractivity contribution in [3.05, 3.63) is 48.5 Å². The van der Waals surface area contributed by atoms with Gasteiger partial charge in [-0.2, -0.15) is 0 Å². The second kappa shape index (κ2) is 10.3. The molecule has 0 fully saturated rings. The SMILES string of the molecule is O=C(NCCCCCCNC(=O)Nc1nc2ccccc2[nH]1)Nc1nc2ccccc2[nH]1. The highest BCUT2D eigenvalue weighted by Gasteiger charge is 2.07. The van der Waals surface area contributed by atoms with Crippen LogP contribution in [0.25, 0.3) is 22.1 Å². The number of urea groups is 2. The third-order valence-electron chi connectivity index (χ3n) is 4.92. The monoisotopic (exact) mass is 434 g/mol. The van der Waals surface area contributed by atoms with E-state index in [9.17, 15) is 9.59 Å². The normalized spacial score (nSPS) is 10.9. The van der Waals surface area contributed by atoms with Crippen molar-refractivity contribution in [1.82, 2.24) is 30.6 Å². The van der Waals surface area contributed by atoms with Crippen LogP contribution in [0.5, 0.6) is 0 Å². The van der Waals surface area contributed by atoms with Gasteiger partial charge >= 0.3 is 12.1 Å². The maximum Gasteiger partial charge on any atom is 0.321 e. The van der Waals surface area contributed by atoms with Crippen molar-refractivity contribution in [2.24, 2.45) is 0 Å². The third-order valence-corrected chi connectivity index (χ3v) is 4.92. The molecule has 2 heterocycles. The second-order valence-corrected chi connectivity index (χ2v) is 7.38. The zero-order valence-electron chi connectivity index (χ0n) is 17.6. The van der Waals surface area contributed by atoms with Gasteiger partial charge < -0.3 is 20.6 Å². The molecule has 0 bridgehead atoms. The van der Waals surface area contributed by atoms with Crippen LogP contribution in [-0.4, -0.2) is 45.1 Å². The number of benzene rings is 2. The van der Waals surface area contributed by atoms with Gasteiger partial charge in [0.05, 0.1) is 22.1 Å². The molecule has 0 aliphatic heterocycles. The van der Waals surface area contributed by atoms with E-state index in [2.05, 4.69) is 41.2 Å². The fourth-order valence-electron chi connectivity index (χ4n) is 3.33. The Bertz CT molecular complexity index is 1040. The molecule has 166 valence electrons. The first kappa shape index (κ1) is 21.2. The lowest BCUT2D eigenvalue weighted by atomic mass is 10.2. The minimum absolute atomic E-state index is 0.284. The van der Waals surface area contributed by atoms with Gasteiger partial charge in [0.1, 0.15) is 0 Å². The lowest BCUT2D eigenvalue weighted by molar-refractivity contribution is 0.250. The number of carbonyl (C=O) groups is 2. The summed E-state index contributed by atoms with van der Waals surface area (Å²) in [5.41, 5.74) is 3.37. The average molecular weight is 435 g/mol. The van der Waals surface area contributed by atoms with Crippen molar-refractivity contribution < 1.29 is 9.59 Å². The molecule has 0 saturated heterocycles. The highest BCUT2D eigenvalue weighted by molar-refractivity contribution is 5.90. The number of H-pyrrole nitrogens is 2. The van der Waals surface area contributed by atoms with Crippen molar-refractivity contribution >= 4 is 46.0 Å². The van der Waals surface area contributed by atoms with Crippen LogP contribution in [0, 0.1) is 0 Å². The van der Waals surface area contributed by atoms with Gasteiger partial charge in [0.2, 0.25) is 11.9 Å². The third kappa shape index (κ3) is 5.75. The number of hydrogen-bond donors (Lipinski definition) is 6. The zero-order valence-corrected chi connectivity index (χ0v) is 17.6. The van der Waals surface area contributed by atoms with E-state index in [4.69, 9.17) is 0 Å². The Kier molecular flexibility index (Phi) is 6.81. The number of aromatic nitrogens is 4. The van der Waals surface area contributed by atoms with Crippen molar-refractivity contribution in [1.29, 1.82) is 0 Å². The van der Waals surface area contributed by atoms with Gasteiger partial charge in [0, 0.05) is 13.1 Å². The molecule has 0 aliphatic carbocycles. The summed E-state index contributed by atoms with van der Waals surface area (Å²) >= 11 is 0. The van der Waals surface area contributed by atoms with E-state index >= 15 is 0 Å². The Morgan fingerprint density at radius 2 is 1.09 bits per heavy atom. The molecule has 0 saturated carbocycles. The van der Waals surface area contributed by atoms with Crippen molar-refractivity contribution in [3.8, 4) is 0 Å². The van der Waals surface area contributed by atoms with Gasteiger partial charge in [-0.3, -0.25) is 10.6 Å². The van der Waals surface area contributed by atoms with E-state index in [0.29, 0.717) is 25.0 Å².